The van der Waals surface area contributed by atoms with Gasteiger partial charge in [-0.1, -0.05) is 13.0 Å². The van der Waals surface area contributed by atoms with Crippen LogP contribution in [-0.2, 0) is 16.5 Å². The molecule has 3 heterocycles. The second-order valence-corrected chi connectivity index (χ2v) is 8.91. The van der Waals surface area contributed by atoms with E-state index in [9.17, 15) is 9.18 Å². The van der Waals surface area contributed by atoms with Crippen LogP contribution in [0.3, 0.4) is 0 Å². The van der Waals surface area contributed by atoms with E-state index in [-0.39, 0.29) is 28.7 Å². The fourth-order valence-corrected chi connectivity index (χ4v) is 5.43. The first-order valence-corrected chi connectivity index (χ1v) is 10.9. The second kappa shape index (κ2) is 7.85. The summed E-state index contributed by atoms with van der Waals surface area (Å²) in [5.41, 5.74) is 0.124. The third-order valence-corrected chi connectivity index (χ3v) is 7.16. The minimum absolute atomic E-state index is 0.0430. The predicted octanol–water partition coefficient (Wildman–Crippen LogP) is 3.07. The number of allylic oxidation sites excluding steroid dienone is 2. The molecule has 1 saturated carbocycles. The fraction of sp³-hybridized carbons (Fsp3) is 0.458. The van der Waals surface area contributed by atoms with Gasteiger partial charge in [-0.2, -0.15) is 0 Å². The number of rotatable bonds is 3. The second-order valence-electron chi connectivity index (χ2n) is 8.91. The van der Waals surface area contributed by atoms with Gasteiger partial charge in [0, 0.05) is 36.8 Å². The van der Waals surface area contributed by atoms with Gasteiger partial charge in [0.1, 0.15) is 5.76 Å². The number of hydrogen-bond acceptors (Lipinski definition) is 6. The highest BCUT2D eigenvalue weighted by Gasteiger charge is 2.52. The molecule has 1 saturated heterocycles. The van der Waals surface area contributed by atoms with Gasteiger partial charge in [0.2, 0.25) is 5.95 Å². The summed E-state index contributed by atoms with van der Waals surface area (Å²) in [6, 6.07) is 2.96. The molecule has 1 aliphatic heterocycles. The summed E-state index contributed by atoms with van der Waals surface area (Å²) in [4.78, 5) is 23.5. The zero-order valence-electron chi connectivity index (χ0n) is 18.5. The van der Waals surface area contributed by atoms with Crippen LogP contribution in [0.4, 0.5) is 10.3 Å². The van der Waals surface area contributed by atoms with Crippen molar-refractivity contribution in [2.75, 3.05) is 25.2 Å². The molecular weight excluding hydrogens is 411 g/mol. The Bertz CT molecular complexity index is 1160. The molecule has 0 bridgehead atoms. The topological polar surface area (TPSA) is 69.5 Å². The number of anilines is 1. The summed E-state index contributed by atoms with van der Waals surface area (Å²) >= 11 is 0. The van der Waals surface area contributed by atoms with E-state index in [1.807, 2.05) is 6.08 Å². The van der Waals surface area contributed by atoms with Gasteiger partial charge < -0.3 is 14.4 Å². The standard InChI is InChI=1S/C24H27FN4O3/c1-24-13-16(31-3)6-4-15(24)5-7-20-22(24)32-11-10-29(20)23-27-19(12-21(30)28(23)2)17-8-9-26-14-18(17)25/h4,6,8-9,12-15,20,22H,5,7,10-11H2,1-3H3/t15?,20-,22+,24?/m0/s1. The maximum atomic E-state index is 14.4. The molecule has 2 aromatic heterocycles. The van der Waals surface area contributed by atoms with Gasteiger partial charge in [-0.05, 0) is 37.0 Å². The number of pyridine rings is 1. The van der Waals surface area contributed by atoms with Crippen molar-refractivity contribution in [3.05, 3.63) is 64.7 Å². The fourth-order valence-electron chi connectivity index (χ4n) is 5.43. The Hall–Kier alpha value is -3.00. The molecule has 4 atom stereocenters. The van der Waals surface area contributed by atoms with Gasteiger partial charge in [0.05, 0.1) is 37.8 Å². The first kappa shape index (κ1) is 20.9. The van der Waals surface area contributed by atoms with Crippen LogP contribution >= 0.6 is 0 Å². The van der Waals surface area contributed by atoms with E-state index in [2.05, 4.69) is 29.0 Å². The van der Waals surface area contributed by atoms with E-state index < -0.39 is 5.82 Å². The molecule has 0 aromatic carbocycles. The summed E-state index contributed by atoms with van der Waals surface area (Å²) in [5.74, 6) is 1.23. The van der Waals surface area contributed by atoms with Gasteiger partial charge in [0.25, 0.3) is 5.56 Å². The van der Waals surface area contributed by atoms with E-state index in [0.717, 1.165) is 24.8 Å². The number of aromatic nitrogens is 3. The molecule has 7 nitrogen and oxygen atoms in total. The van der Waals surface area contributed by atoms with E-state index in [4.69, 9.17) is 14.5 Å². The van der Waals surface area contributed by atoms with E-state index in [1.54, 1.807) is 20.2 Å². The Kier molecular flexibility index (Phi) is 5.12. The first-order chi connectivity index (χ1) is 15.4. The molecule has 2 aliphatic carbocycles. The third kappa shape index (κ3) is 3.24. The van der Waals surface area contributed by atoms with Crippen molar-refractivity contribution in [3.63, 3.8) is 0 Å². The lowest BCUT2D eigenvalue weighted by Gasteiger charge is -2.55. The molecule has 2 aromatic rings. The third-order valence-electron chi connectivity index (χ3n) is 7.16. The number of hydrogen-bond donors (Lipinski definition) is 0. The molecule has 32 heavy (non-hydrogen) atoms. The Balaban J connectivity index is 1.56. The highest BCUT2D eigenvalue weighted by Crippen LogP contribution is 2.50. The SMILES string of the molecule is COC1=CC2(C)C(C=C1)CC[C@H]1[C@H]2OCCN1c1nc(-c2ccncc2F)cc(=O)n1C. The minimum atomic E-state index is -0.502. The van der Waals surface area contributed by atoms with Crippen molar-refractivity contribution < 1.29 is 13.9 Å². The summed E-state index contributed by atoms with van der Waals surface area (Å²) in [6.07, 6.45) is 10.9. The number of ether oxygens (including phenoxy) is 2. The van der Waals surface area contributed by atoms with Gasteiger partial charge in [0.15, 0.2) is 5.82 Å². The average Bonchev–Trinajstić information content (AvgIpc) is 2.80. The highest BCUT2D eigenvalue weighted by atomic mass is 19.1. The number of halogens is 1. The van der Waals surface area contributed by atoms with Crippen LogP contribution in [0.15, 0.2) is 53.3 Å². The Morgan fingerprint density at radius 2 is 2.19 bits per heavy atom. The number of morpholine rings is 1. The maximum Gasteiger partial charge on any atom is 0.255 e. The quantitative estimate of drug-likeness (QED) is 0.734. The number of fused-ring (bicyclic) bond motifs is 3. The Labute approximate surface area is 186 Å². The van der Waals surface area contributed by atoms with Gasteiger partial charge in [-0.25, -0.2) is 9.37 Å². The van der Waals surface area contributed by atoms with Crippen molar-refractivity contribution in [2.45, 2.75) is 31.9 Å². The normalized spacial score (nSPS) is 29.2. The lowest BCUT2D eigenvalue weighted by atomic mass is 9.61. The zero-order chi connectivity index (χ0) is 22.5. The van der Waals surface area contributed by atoms with Crippen LogP contribution in [0, 0.1) is 17.2 Å². The zero-order valence-corrected chi connectivity index (χ0v) is 18.5. The lowest BCUT2D eigenvalue weighted by Crippen LogP contribution is -2.62. The molecule has 8 heteroatoms. The Morgan fingerprint density at radius 3 is 2.97 bits per heavy atom. The maximum absolute atomic E-state index is 14.4. The highest BCUT2D eigenvalue weighted by molar-refractivity contribution is 5.60. The first-order valence-electron chi connectivity index (χ1n) is 10.9. The molecular formula is C24H27FN4O3. The monoisotopic (exact) mass is 438 g/mol. The van der Waals surface area contributed by atoms with Crippen molar-refractivity contribution in [1.82, 2.24) is 14.5 Å². The van der Waals surface area contributed by atoms with Gasteiger partial charge in [-0.15, -0.1) is 0 Å². The van der Waals surface area contributed by atoms with E-state index in [1.165, 1.54) is 16.8 Å². The molecule has 0 spiro atoms. The number of nitrogens with zero attached hydrogens (tertiary/aromatic N) is 4. The molecule has 0 radical (unpaired) electrons. The molecule has 2 unspecified atom stereocenters. The summed E-state index contributed by atoms with van der Waals surface area (Å²) in [6.45, 7) is 3.35. The Morgan fingerprint density at radius 1 is 1.34 bits per heavy atom. The minimum Gasteiger partial charge on any atom is -0.497 e. The smallest absolute Gasteiger partial charge is 0.255 e. The van der Waals surface area contributed by atoms with Crippen molar-refractivity contribution in [2.24, 2.45) is 18.4 Å². The largest absolute Gasteiger partial charge is 0.497 e. The van der Waals surface area contributed by atoms with Crippen molar-refractivity contribution in [3.8, 4) is 11.3 Å². The summed E-state index contributed by atoms with van der Waals surface area (Å²) in [5, 5.41) is 0. The summed E-state index contributed by atoms with van der Waals surface area (Å²) < 4.78 is 27.8. The molecule has 0 amide bonds. The van der Waals surface area contributed by atoms with Crippen LogP contribution in [-0.4, -0.2) is 46.9 Å². The van der Waals surface area contributed by atoms with Crippen LogP contribution in [0.5, 0.6) is 0 Å². The van der Waals surface area contributed by atoms with Crippen molar-refractivity contribution >= 4 is 5.95 Å². The molecule has 3 aliphatic rings. The van der Waals surface area contributed by atoms with Crippen LogP contribution in [0.1, 0.15) is 19.8 Å². The average molecular weight is 439 g/mol. The predicted molar refractivity (Wildman–Crippen MR) is 119 cm³/mol. The summed E-state index contributed by atoms with van der Waals surface area (Å²) in [7, 11) is 3.39. The van der Waals surface area contributed by atoms with Crippen LogP contribution < -0.4 is 10.5 Å². The molecule has 5 rings (SSSR count). The molecule has 2 fully saturated rings. The van der Waals surface area contributed by atoms with Crippen molar-refractivity contribution in [1.29, 1.82) is 0 Å². The van der Waals surface area contributed by atoms with Gasteiger partial charge >= 0.3 is 0 Å². The van der Waals surface area contributed by atoms with E-state index >= 15 is 0 Å². The molecule has 0 N–H and O–H groups in total. The van der Waals surface area contributed by atoms with Gasteiger partial charge in [-0.3, -0.25) is 14.3 Å². The van der Waals surface area contributed by atoms with Crippen LogP contribution in [0.25, 0.3) is 11.3 Å². The van der Waals surface area contributed by atoms with E-state index in [0.29, 0.717) is 30.7 Å². The number of methoxy groups -OCH3 is 1. The lowest BCUT2D eigenvalue weighted by molar-refractivity contribution is -0.0864. The molecule has 168 valence electrons. The van der Waals surface area contributed by atoms with Crippen LogP contribution in [0.2, 0.25) is 0 Å².